The summed E-state index contributed by atoms with van der Waals surface area (Å²) in [6, 6.07) is 16.5. The number of pyridine rings is 1. The molecule has 2 aromatic heterocycles. The molecule has 0 radical (unpaired) electrons. The maximum Gasteiger partial charge on any atom is 0.271 e. The summed E-state index contributed by atoms with van der Waals surface area (Å²) in [4.78, 5) is 19.6. The second-order valence-corrected chi connectivity index (χ2v) is 6.90. The zero-order valence-corrected chi connectivity index (χ0v) is 15.1. The van der Waals surface area contributed by atoms with Gasteiger partial charge in [0.2, 0.25) is 0 Å². The molecule has 1 fully saturated rings. The first-order chi connectivity index (χ1) is 12.7. The minimum atomic E-state index is -0.117. The van der Waals surface area contributed by atoms with Gasteiger partial charge in [-0.3, -0.25) is 9.69 Å². The highest BCUT2D eigenvalue weighted by atomic mass is 16.1. The van der Waals surface area contributed by atoms with Gasteiger partial charge in [0.25, 0.3) is 5.91 Å². The fraction of sp³-hybridized carbons (Fsp3) is 0.333. The average Bonchev–Trinajstić information content (AvgIpc) is 3.33. The van der Waals surface area contributed by atoms with E-state index in [0.29, 0.717) is 12.2 Å². The van der Waals surface area contributed by atoms with E-state index in [9.17, 15) is 4.79 Å². The lowest BCUT2D eigenvalue weighted by atomic mass is 10.1. The van der Waals surface area contributed by atoms with Crippen molar-refractivity contribution < 1.29 is 4.79 Å². The van der Waals surface area contributed by atoms with Crippen molar-refractivity contribution in [2.24, 2.45) is 0 Å². The number of likely N-dealkylation sites (tertiary alicyclic amines) is 1. The molecule has 3 aromatic rings. The molecule has 26 heavy (non-hydrogen) atoms. The van der Waals surface area contributed by atoms with Gasteiger partial charge >= 0.3 is 0 Å². The van der Waals surface area contributed by atoms with Gasteiger partial charge in [0.1, 0.15) is 11.3 Å². The Labute approximate surface area is 153 Å². The van der Waals surface area contributed by atoms with E-state index >= 15 is 0 Å². The van der Waals surface area contributed by atoms with Crippen LogP contribution in [0.5, 0.6) is 0 Å². The van der Waals surface area contributed by atoms with Crippen LogP contribution in [0.4, 0.5) is 0 Å². The van der Waals surface area contributed by atoms with Crippen LogP contribution >= 0.6 is 0 Å². The van der Waals surface area contributed by atoms with Crippen molar-refractivity contribution in [3.05, 3.63) is 71.7 Å². The van der Waals surface area contributed by atoms with E-state index in [4.69, 9.17) is 0 Å². The number of amides is 1. The third-order valence-electron chi connectivity index (χ3n) is 5.15. The molecule has 4 rings (SSSR count). The normalized spacial score (nSPS) is 16.0. The summed E-state index contributed by atoms with van der Waals surface area (Å²) >= 11 is 0. The zero-order valence-electron chi connectivity index (χ0n) is 15.1. The summed E-state index contributed by atoms with van der Waals surface area (Å²) in [5.74, 6) is -0.117. The monoisotopic (exact) mass is 348 g/mol. The van der Waals surface area contributed by atoms with E-state index in [0.717, 1.165) is 24.4 Å². The van der Waals surface area contributed by atoms with Crippen LogP contribution in [0.3, 0.4) is 0 Å². The molecule has 3 heterocycles. The maximum atomic E-state index is 12.7. The second-order valence-electron chi connectivity index (χ2n) is 6.90. The maximum absolute atomic E-state index is 12.7. The lowest BCUT2D eigenvalue weighted by molar-refractivity contribution is 0.0933. The number of fused-ring (bicyclic) bond motifs is 1. The number of hydrogen-bond donors (Lipinski definition) is 1. The molecule has 1 aliphatic heterocycles. The average molecular weight is 348 g/mol. The fourth-order valence-corrected chi connectivity index (χ4v) is 3.72. The molecule has 0 saturated carbocycles. The number of carbonyl (C=O) groups excluding carboxylic acids is 1. The first-order valence-electron chi connectivity index (χ1n) is 9.24. The Morgan fingerprint density at radius 2 is 1.88 bits per heavy atom. The van der Waals surface area contributed by atoms with E-state index in [2.05, 4.69) is 39.5 Å². The van der Waals surface area contributed by atoms with Crippen LogP contribution in [0.15, 0.2) is 54.7 Å². The highest BCUT2D eigenvalue weighted by Crippen LogP contribution is 2.24. The summed E-state index contributed by atoms with van der Waals surface area (Å²) in [5, 5.41) is 3.10. The summed E-state index contributed by atoms with van der Waals surface area (Å²) in [7, 11) is 0. The first kappa shape index (κ1) is 16.8. The van der Waals surface area contributed by atoms with Crippen molar-refractivity contribution in [1.29, 1.82) is 0 Å². The molecule has 0 aliphatic carbocycles. The van der Waals surface area contributed by atoms with Crippen molar-refractivity contribution in [2.75, 3.05) is 19.6 Å². The number of nitrogens with one attached hydrogen (secondary N) is 1. The Morgan fingerprint density at radius 3 is 2.62 bits per heavy atom. The molecule has 134 valence electrons. The number of aryl methyl sites for hydroxylation is 1. The Bertz CT molecular complexity index is 897. The Hall–Kier alpha value is -2.66. The predicted molar refractivity (Wildman–Crippen MR) is 102 cm³/mol. The highest BCUT2D eigenvalue weighted by Gasteiger charge is 2.24. The molecule has 1 atom stereocenters. The standard InChI is InChI=1S/C21H24N4O/c1-16-8-7-11-20-23-18(15-25(16)20)21(26)22-14-19(24-12-5-6-13-24)17-9-3-2-4-10-17/h2-4,7-11,15,19H,5-6,12-14H2,1H3,(H,22,26)/t19-/m0/s1. The van der Waals surface area contributed by atoms with Crippen LogP contribution in [0.1, 0.15) is 40.6 Å². The van der Waals surface area contributed by atoms with Crippen LogP contribution in [0, 0.1) is 6.92 Å². The largest absolute Gasteiger partial charge is 0.349 e. The zero-order chi connectivity index (χ0) is 17.9. The first-order valence-corrected chi connectivity index (χ1v) is 9.24. The molecule has 5 heteroatoms. The molecule has 1 aromatic carbocycles. The molecule has 1 N–H and O–H groups in total. The minimum absolute atomic E-state index is 0.117. The van der Waals surface area contributed by atoms with Crippen LogP contribution in [-0.2, 0) is 0 Å². The van der Waals surface area contributed by atoms with Gasteiger partial charge in [0.15, 0.2) is 0 Å². The third-order valence-corrected chi connectivity index (χ3v) is 5.15. The topological polar surface area (TPSA) is 49.6 Å². The highest BCUT2D eigenvalue weighted by molar-refractivity contribution is 5.92. The van der Waals surface area contributed by atoms with Crippen molar-refractivity contribution >= 4 is 11.6 Å². The lowest BCUT2D eigenvalue weighted by Crippen LogP contribution is -2.36. The van der Waals surface area contributed by atoms with Crippen molar-refractivity contribution in [1.82, 2.24) is 19.6 Å². The third kappa shape index (κ3) is 3.35. The quantitative estimate of drug-likeness (QED) is 0.770. The van der Waals surface area contributed by atoms with Crippen LogP contribution in [0.25, 0.3) is 5.65 Å². The number of aromatic nitrogens is 2. The second kappa shape index (κ2) is 7.30. The van der Waals surface area contributed by atoms with Crippen LogP contribution in [-0.4, -0.2) is 39.8 Å². The molecule has 1 aliphatic rings. The summed E-state index contributed by atoms with van der Waals surface area (Å²) < 4.78 is 1.95. The van der Waals surface area contributed by atoms with Gasteiger partial charge < -0.3 is 9.72 Å². The molecule has 1 saturated heterocycles. The van der Waals surface area contributed by atoms with Gasteiger partial charge in [-0.25, -0.2) is 4.98 Å². The number of nitrogens with zero attached hydrogens (tertiary/aromatic N) is 3. The number of imidazole rings is 1. The van der Waals surface area contributed by atoms with Gasteiger partial charge in [-0.15, -0.1) is 0 Å². The Morgan fingerprint density at radius 1 is 1.12 bits per heavy atom. The molecule has 0 bridgehead atoms. The van der Waals surface area contributed by atoms with Crippen LogP contribution < -0.4 is 5.32 Å². The van der Waals surface area contributed by atoms with E-state index < -0.39 is 0 Å². The molecule has 1 amide bonds. The van der Waals surface area contributed by atoms with Gasteiger partial charge in [0.05, 0.1) is 6.04 Å². The van der Waals surface area contributed by atoms with Crippen LogP contribution in [0.2, 0.25) is 0 Å². The van der Waals surface area contributed by atoms with Gasteiger partial charge in [0, 0.05) is 18.4 Å². The predicted octanol–water partition coefficient (Wildman–Crippen LogP) is 3.21. The smallest absolute Gasteiger partial charge is 0.271 e. The molecule has 0 unspecified atom stereocenters. The lowest BCUT2D eigenvalue weighted by Gasteiger charge is -2.28. The SMILES string of the molecule is Cc1cccc2nc(C(=O)NC[C@@H](c3ccccc3)N3CCCC3)cn12. The number of hydrogen-bond acceptors (Lipinski definition) is 3. The number of rotatable bonds is 5. The van der Waals surface area contributed by atoms with Gasteiger partial charge in [-0.05, 0) is 50.6 Å². The Kier molecular flexibility index (Phi) is 4.71. The summed E-state index contributed by atoms with van der Waals surface area (Å²) in [6.45, 7) is 4.77. The minimum Gasteiger partial charge on any atom is -0.349 e. The van der Waals surface area contributed by atoms with Crippen molar-refractivity contribution in [3.63, 3.8) is 0 Å². The van der Waals surface area contributed by atoms with E-state index in [1.807, 2.05) is 41.8 Å². The van der Waals surface area contributed by atoms with Crippen molar-refractivity contribution in [3.8, 4) is 0 Å². The Balaban J connectivity index is 1.51. The summed E-state index contributed by atoms with van der Waals surface area (Å²) in [5.41, 5.74) is 3.58. The van der Waals surface area contributed by atoms with E-state index in [1.54, 1.807) is 0 Å². The van der Waals surface area contributed by atoms with Gasteiger partial charge in [-0.2, -0.15) is 0 Å². The van der Waals surface area contributed by atoms with E-state index in [-0.39, 0.29) is 11.9 Å². The fourth-order valence-electron chi connectivity index (χ4n) is 3.72. The molecule has 5 nitrogen and oxygen atoms in total. The molecular formula is C21H24N4O. The van der Waals surface area contributed by atoms with E-state index in [1.165, 1.54) is 18.4 Å². The number of benzene rings is 1. The number of carbonyl (C=O) groups is 1. The van der Waals surface area contributed by atoms with Crippen molar-refractivity contribution in [2.45, 2.75) is 25.8 Å². The molecular weight excluding hydrogens is 324 g/mol. The molecule has 0 spiro atoms. The summed E-state index contributed by atoms with van der Waals surface area (Å²) in [6.07, 6.45) is 4.26. The van der Waals surface area contributed by atoms with Gasteiger partial charge in [-0.1, -0.05) is 36.4 Å².